The Hall–Kier alpha value is -3.99. The van der Waals surface area contributed by atoms with E-state index in [1.54, 1.807) is 20.7 Å². The average molecular weight is 519 g/mol. The van der Waals surface area contributed by atoms with Gasteiger partial charge in [-0.1, -0.05) is 158 Å². The van der Waals surface area contributed by atoms with Crippen molar-refractivity contribution in [1.29, 1.82) is 0 Å². The van der Waals surface area contributed by atoms with Crippen LogP contribution < -0.4 is 36.3 Å². The van der Waals surface area contributed by atoms with Crippen molar-refractivity contribution in [2.24, 2.45) is 0 Å². The molecule has 1 aliphatic carbocycles. The highest BCUT2D eigenvalue weighted by atomic mass is 28.3. The standard InChI is InChI=1S/C36H30Si2/c1-5-17-29(18-6-1)37(30-19-7-2-8-20-30)33-25-13-15-27-35(33)38(31-21-9-3-10-22-31,32-23-11-4-12-24-32)36-28-16-14-26-34(36)37/h1-3,5-11,13-28H,4,12H2. The topological polar surface area (TPSA) is 0 Å². The van der Waals surface area contributed by atoms with Gasteiger partial charge in [0.2, 0.25) is 0 Å². The van der Waals surface area contributed by atoms with E-state index >= 15 is 0 Å². The van der Waals surface area contributed by atoms with Crippen LogP contribution in [-0.2, 0) is 0 Å². The Bertz CT molecular complexity index is 1560. The second-order valence-corrected chi connectivity index (χ2v) is 17.8. The van der Waals surface area contributed by atoms with E-state index in [9.17, 15) is 0 Å². The zero-order valence-corrected chi connectivity index (χ0v) is 23.4. The van der Waals surface area contributed by atoms with Gasteiger partial charge in [0.1, 0.15) is 0 Å². The molecule has 0 aromatic heterocycles. The Morgan fingerprint density at radius 3 is 1.13 bits per heavy atom. The highest BCUT2D eigenvalue weighted by Crippen LogP contribution is 2.26. The first-order chi connectivity index (χ1) is 18.9. The quantitative estimate of drug-likeness (QED) is 0.319. The van der Waals surface area contributed by atoms with Gasteiger partial charge in [0.25, 0.3) is 0 Å². The molecule has 0 N–H and O–H groups in total. The van der Waals surface area contributed by atoms with E-state index in [2.05, 4.69) is 158 Å². The second kappa shape index (κ2) is 9.39. The van der Waals surface area contributed by atoms with Crippen LogP contribution >= 0.6 is 0 Å². The van der Waals surface area contributed by atoms with Gasteiger partial charge in [-0.3, -0.25) is 0 Å². The van der Waals surface area contributed by atoms with E-state index in [0.717, 1.165) is 12.8 Å². The molecular formula is C36H30Si2. The molecule has 0 radical (unpaired) electrons. The van der Waals surface area contributed by atoms with E-state index in [4.69, 9.17) is 0 Å². The van der Waals surface area contributed by atoms with E-state index in [1.807, 2.05) is 0 Å². The molecule has 0 nitrogen and oxygen atoms in total. The zero-order valence-electron chi connectivity index (χ0n) is 21.4. The fourth-order valence-corrected chi connectivity index (χ4v) is 19.3. The maximum atomic E-state index is 2.55. The van der Waals surface area contributed by atoms with Crippen LogP contribution in [0.1, 0.15) is 12.8 Å². The smallest absolute Gasteiger partial charge is 0.0843 e. The van der Waals surface area contributed by atoms with Crippen LogP contribution in [0.2, 0.25) is 0 Å². The predicted octanol–water partition coefficient (Wildman–Crippen LogP) is 3.66. The minimum Gasteiger partial charge on any atom is -0.0843 e. The molecule has 0 unspecified atom stereocenters. The van der Waals surface area contributed by atoms with E-state index in [-0.39, 0.29) is 0 Å². The van der Waals surface area contributed by atoms with Crippen molar-refractivity contribution in [2.75, 3.05) is 0 Å². The lowest BCUT2D eigenvalue weighted by atomic mass is 10.2. The van der Waals surface area contributed by atoms with Crippen molar-refractivity contribution in [2.45, 2.75) is 12.8 Å². The van der Waals surface area contributed by atoms with Crippen molar-refractivity contribution in [1.82, 2.24) is 0 Å². The van der Waals surface area contributed by atoms with Gasteiger partial charge in [-0.15, -0.1) is 0 Å². The molecular weight excluding hydrogens is 489 g/mol. The minimum atomic E-state index is -2.58. The molecule has 0 atom stereocenters. The first-order valence-electron chi connectivity index (χ1n) is 13.6. The lowest BCUT2D eigenvalue weighted by molar-refractivity contribution is 1.03. The first-order valence-corrected chi connectivity index (χ1v) is 17.6. The largest absolute Gasteiger partial charge is 0.179 e. The molecule has 0 amide bonds. The lowest BCUT2D eigenvalue weighted by Gasteiger charge is -2.49. The van der Waals surface area contributed by atoms with Gasteiger partial charge < -0.3 is 0 Å². The summed E-state index contributed by atoms with van der Waals surface area (Å²) in [4.78, 5) is 0. The summed E-state index contributed by atoms with van der Waals surface area (Å²) in [7, 11) is -5.12. The van der Waals surface area contributed by atoms with Crippen molar-refractivity contribution >= 4 is 52.5 Å². The number of hydrogen-bond donors (Lipinski definition) is 0. The molecule has 1 heterocycles. The maximum absolute atomic E-state index is 2.58. The van der Waals surface area contributed by atoms with Crippen molar-refractivity contribution in [3.05, 3.63) is 163 Å². The fraction of sp³-hybridized carbons (Fsp3) is 0.0556. The van der Waals surface area contributed by atoms with Gasteiger partial charge in [-0.25, -0.2) is 0 Å². The summed E-state index contributed by atoms with van der Waals surface area (Å²) in [6.07, 6.45) is 9.63. The zero-order chi connectivity index (χ0) is 25.4. The van der Waals surface area contributed by atoms with E-state index in [1.165, 1.54) is 20.8 Å². The number of benzene rings is 5. The Morgan fingerprint density at radius 1 is 0.368 bits per heavy atom. The molecule has 0 saturated carbocycles. The van der Waals surface area contributed by atoms with Crippen molar-refractivity contribution in [3.63, 3.8) is 0 Å². The highest BCUT2D eigenvalue weighted by Gasteiger charge is 2.56. The lowest BCUT2D eigenvalue weighted by Crippen LogP contribution is -2.91. The summed E-state index contributed by atoms with van der Waals surface area (Å²) in [5.74, 6) is 0. The van der Waals surface area contributed by atoms with Crippen LogP contribution in [-0.4, -0.2) is 16.1 Å². The van der Waals surface area contributed by atoms with Gasteiger partial charge in [0, 0.05) is 0 Å². The monoisotopic (exact) mass is 518 g/mol. The summed E-state index contributed by atoms with van der Waals surface area (Å²) in [6.45, 7) is 0. The van der Waals surface area contributed by atoms with Crippen molar-refractivity contribution in [3.8, 4) is 0 Å². The SMILES string of the molecule is C1=CC([Si]2(c3ccccc3)c3ccccc3[Si](c3ccccc3)(c3ccccc3)c3ccccc32)=CCC1. The van der Waals surface area contributed by atoms with Gasteiger partial charge in [-0.05, 0) is 54.3 Å². The Balaban J connectivity index is 1.71. The Morgan fingerprint density at radius 2 is 0.737 bits per heavy atom. The normalized spacial score (nSPS) is 16.7. The van der Waals surface area contributed by atoms with Crippen LogP contribution in [0, 0.1) is 0 Å². The van der Waals surface area contributed by atoms with Crippen LogP contribution in [0.3, 0.4) is 0 Å². The van der Waals surface area contributed by atoms with Crippen LogP contribution in [0.15, 0.2) is 163 Å². The molecule has 0 spiro atoms. The summed E-state index contributed by atoms with van der Waals surface area (Å²) in [5, 5.41) is 12.1. The molecule has 0 bridgehead atoms. The van der Waals surface area contributed by atoms with Crippen molar-refractivity contribution < 1.29 is 0 Å². The summed E-state index contributed by atoms with van der Waals surface area (Å²) in [5.41, 5.74) is 0. The third-order valence-corrected chi connectivity index (χ3v) is 18.8. The fourth-order valence-electron chi connectivity index (χ4n) is 7.10. The third kappa shape index (κ3) is 3.21. The number of fused-ring (bicyclic) bond motifs is 2. The first kappa shape index (κ1) is 23.2. The number of allylic oxidation sites excluding steroid dienone is 4. The molecule has 7 rings (SSSR count). The summed E-state index contributed by atoms with van der Waals surface area (Å²) in [6, 6.07) is 53.1. The summed E-state index contributed by atoms with van der Waals surface area (Å²) < 4.78 is 0. The molecule has 182 valence electrons. The molecule has 0 fully saturated rings. The molecule has 0 saturated heterocycles. The van der Waals surface area contributed by atoms with E-state index in [0.29, 0.717) is 0 Å². The molecule has 1 aliphatic heterocycles. The van der Waals surface area contributed by atoms with Gasteiger partial charge in [-0.2, -0.15) is 0 Å². The predicted molar refractivity (Wildman–Crippen MR) is 168 cm³/mol. The average Bonchev–Trinajstić information content (AvgIpc) is 3.02. The molecule has 5 aromatic carbocycles. The van der Waals surface area contributed by atoms with Gasteiger partial charge in [0.05, 0.1) is 0 Å². The number of rotatable bonds is 4. The third-order valence-electron chi connectivity index (χ3n) is 8.52. The Labute approximate surface area is 227 Å². The van der Waals surface area contributed by atoms with Gasteiger partial charge in [0.15, 0.2) is 16.1 Å². The molecule has 2 heteroatoms. The van der Waals surface area contributed by atoms with Gasteiger partial charge >= 0.3 is 0 Å². The van der Waals surface area contributed by atoms with Crippen LogP contribution in [0.25, 0.3) is 0 Å². The van der Waals surface area contributed by atoms with Crippen LogP contribution in [0.4, 0.5) is 0 Å². The second-order valence-electron chi connectivity index (χ2n) is 10.3. The molecule has 5 aromatic rings. The highest BCUT2D eigenvalue weighted by molar-refractivity contribution is 7.31. The van der Waals surface area contributed by atoms with E-state index < -0.39 is 16.1 Å². The number of hydrogen-bond acceptors (Lipinski definition) is 0. The molecule has 2 aliphatic rings. The molecule has 38 heavy (non-hydrogen) atoms. The minimum absolute atomic E-state index is 1.11. The summed E-state index contributed by atoms with van der Waals surface area (Å²) >= 11 is 0. The maximum Gasteiger partial charge on any atom is 0.179 e. The Kier molecular flexibility index (Phi) is 5.72. The van der Waals surface area contributed by atoms with Crippen LogP contribution in [0.5, 0.6) is 0 Å².